The van der Waals surface area contributed by atoms with Gasteiger partial charge in [0.1, 0.15) is 6.04 Å². The summed E-state index contributed by atoms with van der Waals surface area (Å²) in [5, 5.41) is 10.9. The van der Waals surface area contributed by atoms with Crippen molar-refractivity contribution in [2.24, 2.45) is 5.41 Å². The summed E-state index contributed by atoms with van der Waals surface area (Å²) in [6.07, 6.45) is 0. The van der Waals surface area contributed by atoms with Gasteiger partial charge in [-0.25, -0.2) is 0 Å². The van der Waals surface area contributed by atoms with Crippen molar-refractivity contribution in [3.63, 3.8) is 0 Å². The highest BCUT2D eigenvalue weighted by molar-refractivity contribution is 5.86. The van der Waals surface area contributed by atoms with Crippen molar-refractivity contribution in [1.29, 1.82) is 0 Å². The molecule has 0 bridgehead atoms. The zero-order valence-corrected chi connectivity index (χ0v) is 7.84. The maximum absolute atomic E-state index is 11.2. The van der Waals surface area contributed by atoms with E-state index in [-0.39, 0.29) is 5.91 Å². The molecule has 0 radical (unpaired) electrons. The van der Waals surface area contributed by atoms with Gasteiger partial charge in [0.25, 0.3) is 0 Å². The average Bonchev–Trinajstić information content (AvgIpc) is 1.85. The Morgan fingerprint density at radius 3 is 2.00 bits per heavy atom. The predicted octanol–water partition coefficient (Wildman–Crippen LogP) is 0.622. The second-order valence-corrected chi connectivity index (χ2v) is 3.78. The molecule has 1 atom stereocenters. The van der Waals surface area contributed by atoms with Gasteiger partial charge >= 0.3 is 5.97 Å². The first-order chi connectivity index (χ1) is 5.25. The zero-order chi connectivity index (χ0) is 9.94. The number of rotatable bonds is 2. The standard InChI is InChI=1S/C8H15NO3/c1-5(6(10)11)9-7(12)8(2,3)4/h5H,1-4H3,(H,9,12)(H,10,11)/t5-/m0/s1. The minimum atomic E-state index is -1.02. The van der Waals surface area contributed by atoms with Crippen molar-refractivity contribution >= 4 is 11.9 Å². The lowest BCUT2D eigenvalue weighted by Gasteiger charge is -2.19. The second kappa shape index (κ2) is 3.56. The Hall–Kier alpha value is -1.06. The van der Waals surface area contributed by atoms with Gasteiger partial charge in [-0.2, -0.15) is 0 Å². The monoisotopic (exact) mass is 173 g/mol. The van der Waals surface area contributed by atoms with Crippen molar-refractivity contribution in [1.82, 2.24) is 5.32 Å². The Bertz CT molecular complexity index is 193. The van der Waals surface area contributed by atoms with E-state index in [1.54, 1.807) is 20.8 Å². The van der Waals surface area contributed by atoms with Gasteiger partial charge in [-0.1, -0.05) is 20.8 Å². The molecule has 0 unspecified atom stereocenters. The molecule has 0 aromatic heterocycles. The van der Waals surface area contributed by atoms with E-state index in [1.807, 2.05) is 0 Å². The lowest BCUT2D eigenvalue weighted by molar-refractivity contribution is -0.142. The fraction of sp³-hybridized carbons (Fsp3) is 0.750. The third-order valence-corrected chi connectivity index (χ3v) is 1.40. The molecular formula is C8H15NO3. The van der Waals surface area contributed by atoms with Crippen LogP contribution in [0.5, 0.6) is 0 Å². The van der Waals surface area contributed by atoms with E-state index in [0.717, 1.165) is 0 Å². The number of hydrogen-bond donors (Lipinski definition) is 2. The first-order valence-electron chi connectivity index (χ1n) is 3.79. The molecule has 0 aliphatic heterocycles. The first kappa shape index (κ1) is 10.9. The van der Waals surface area contributed by atoms with Gasteiger partial charge in [-0.15, -0.1) is 0 Å². The lowest BCUT2D eigenvalue weighted by atomic mass is 9.95. The van der Waals surface area contributed by atoms with Gasteiger partial charge in [0, 0.05) is 5.41 Å². The molecule has 0 fully saturated rings. The summed E-state index contributed by atoms with van der Waals surface area (Å²) in [4.78, 5) is 21.6. The maximum atomic E-state index is 11.2. The number of carboxylic acids is 1. The Balaban J connectivity index is 4.11. The van der Waals surface area contributed by atoms with E-state index in [1.165, 1.54) is 6.92 Å². The average molecular weight is 173 g/mol. The van der Waals surface area contributed by atoms with Crippen molar-refractivity contribution < 1.29 is 14.7 Å². The predicted molar refractivity (Wildman–Crippen MR) is 44.7 cm³/mol. The van der Waals surface area contributed by atoms with Crippen molar-refractivity contribution in [3.05, 3.63) is 0 Å². The molecule has 4 heteroatoms. The van der Waals surface area contributed by atoms with Crippen LogP contribution < -0.4 is 5.32 Å². The molecule has 70 valence electrons. The van der Waals surface area contributed by atoms with Crippen LogP contribution in [-0.4, -0.2) is 23.0 Å². The number of hydrogen-bond acceptors (Lipinski definition) is 2. The first-order valence-corrected chi connectivity index (χ1v) is 3.79. The van der Waals surface area contributed by atoms with E-state index in [9.17, 15) is 9.59 Å². The van der Waals surface area contributed by atoms with Crippen LogP contribution in [0.25, 0.3) is 0 Å². The van der Waals surface area contributed by atoms with E-state index >= 15 is 0 Å². The maximum Gasteiger partial charge on any atom is 0.325 e. The Kier molecular flexibility index (Phi) is 3.24. The van der Waals surface area contributed by atoms with Crippen LogP contribution in [0, 0.1) is 5.41 Å². The lowest BCUT2D eigenvalue weighted by Crippen LogP contribution is -2.43. The number of amides is 1. The summed E-state index contributed by atoms with van der Waals surface area (Å²) in [6.45, 7) is 6.64. The molecule has 0 aromatic rings. The fourth-order valence-electron chi connectivity index (χ4n) is 0.475. The van der Waals surface area contributed by atoms with Crippen LogP contribution in [0.2, 0.25) is 0 Å². The summed E-state index contributed by atoms with van der Waals surface area (Å²) in [6, 6.07) is -0.822. The van der Waals surface area contributed by atoms with Gasteiger partial charge in [0.2, 0.25) is 5.91 Å². The normalized spacial score (nSPS) is 13.7. The smallest absolute Gasteiger partial charge is 0.325 e. The molecule has 0 aromatic carbocycles. The molecular weight excluding hydrogens is 158 g/mol. The summed E-state index contributed by atoms with van der Waals surface area (Å²) in [5.74, 6) is -1.27. The Morgan fingerprint density at radius 2 is 1.75 bits per heavy atom. The van der Waals surface area contributed by atoms with Gasteiger partial charge in [-0.3, -0.25) is 9.59 Å². The highest BCUT2D eigenvalue weighted by atomic mass is 16.4. The molecule has 0 spiro atoms. The van der Waals surface area contributed by atoms with Crippen molar-refractivity contribution in [2.75, 3.05) is 0 Å². The zero-order valence-electron chi connectivity index (χ0n) is 7.84. The molecule has 0 aliphatic rings. The van der Waals surface area contributed by atoms with Gasteiger partial charge in [0.05, 0.1) is 0 Å². The number of nitrogens with one attached hydrogen (secondary N) is 1. The van der Waals surface area contributed by atoms with Crippen LogP contribution in [0.3, 0.4) is 0 Å². The quantitative estimate of drug-likeness (QED) is 0.643. The molecule has 0 saturated heterocycles. The summed E-state index contributed by atoms with van der Waals surface area (Å²) < 4.78 is 0. The largest absolute Gasteiger partial charge is 0.480 e. The topological polar surface area (TPSA) is 66.4 Å². The minimum absolute atomic E-state index is 0.252. The molecule has 2 N–H and O–H groups in total. The summed E-state index contributed by atoms with van der Waals surface area (Å²) in [7, 11) is 0. The SMILES string of the molecule is C[C@H](NC(=O)C(C)(C)C)C(=O)O. The van der Waals surface area contributed by atoms with Gasteiger partial charge in [-0.05, 0) is 6.92 Å². The number of carboxylic acid groups (broad SMARTS) is 1. The van der Waals surface area contributed by atoms with E-state index in [4.69, 9.17) is 5.11 Å². The minimum Gasteiger partial charge on any atom is -0.480 e. The van der Waals surface area contributed by atoms with E-state index in [2.05, 4.69) is 5.32 Å². The van der Waals surface area contributed by atoms with Crippen molar-refractivity contribution in [2.45, 2.75) is 33.7 Å². The van der Waals surface area contributed by atoms with Crippen LogP contribution >= 0.6 is 0 Å². The second-order valence-electron chi connectivity index (χ2n) is 3.78. The van der Waals surface area contributed by atoms with Crippen LogP contribution in [-0.2, 0) is 9.59 Å². The van der Waals surface area contributed by atoms with Crippen LogP contribution in [0.1, 0.15) is 27.7 Å². The van der Waals surface area contributed by atoms with Gasteiger partial charge < -0.3 is 10.4 Å². The molecule has 0 saturated carbocycles. The molecule has 4 nitrogen and oxygen atoms in total. The third-order valence-electron chi connectivity index (χ3n) is 1.40. The van der Waals surface area contributed by atoms with E-state index < -0.39 is 17.4 Å². The molecule has 1 amide bonds. The summed E-state index contributed by atoms with van der Waals surface area (Å²) in [5.41, 5.74) is -0.538. The van der Waals surface area contributed by atoms with Gasteiger partial charge in [0.15, 0.2) is 0 Å². The molecule has 0 rings (SSSR count). The number of carbonyl (C=O) groups excluding carboxylic acids is 1. The molecule has 0 heterocycles. The number of carbonyl (C=O) groups is 2. The van der Waals surface area contributed by atoms with Crippen molar-refractivity contribution in [3.8, 4) is 0 Å². The molecule has 12 heavy (non-hydrogen) atoms. The summed E-state index contributed by atoms with van der Waals surface area (Å²) >= 11 is 0. The Labute approximate surface area is 72.0 Å². The van der Waals surface area contributed by atoms with E-state index in [0.29, 0.717) is 0 Å². The van der Waals surface area contributed by atoms with Crippen LogP contribution in [0.4, 0.5) is 0 Å². The molecule has 0 aliphatic carbocycles. The highest BCUT2D eigenvalue weighted by Gasteiger charge is 2.24. The Morgan fingerprint density at radius 1 is 1.33 bits per heavy atom. The fourth-order valence-corrected chi connectivity index (χ4v) is 0.475. The van der Waals surface area contributed by atoms with Crippen LogP contribution in [0.15, 0.2) is 0 Å². The highest BCUT2D eigenvalue weighted by Crippen LogP contribution is 2.12. The third kappa shape index (κ3) is 3.37. The number of aliphatic carboxylic acids is 1.